The summed E-state index contributed by atoms with van der Waals surface area (Å²) >= 11 is 3.30. The van der Waals surface area contributed by atoms with Gasteiger partial charge in [0, 0.05) is 11.0 Å². The summed E-state index contributed by atoms with van der Waals surface area (Å²) in [6.07, 6.45) is 0. The molecule has 0 radical (unpaired) electrons. The molecule has 1 aromatic carbocycles. The Morgan fingerprint density at radius 2 is 2.20 bits per heavy atom. The van der Waals surface area contributed by atoms with Gasteiger partial charge >= 0.3 is 5.97 Å². The molecule has 84 valence electrons. The summed E-state index contributed by atoms with van der Waals surface area (Å²) in [5, 5.41) is 0. The fraction of sp³-hybridized carbons (Fsp3) is 0.300. The van der Waals surface area contributed by atoms with Crippen molar-refractivity contribution in [1.82, 2.24) is 0 Å². The standard InChI is InChI=1S/C10H12BrNO2.ClH/c1-2-14-10(13)9-7(6-12)4-3-5-8(9)11;/h3-5H,2,6,12H2,1H3;1H. The molecule has 0 aliphatic carbocycles. The zero-order chi connectivity index (χ0) is 10.6. The molecule has 0 aromatic heterocycles. The fourth-order valence-electron chi connectivity index (χ4n) is 1.17. The molecule has 0 spiro atoms. The normalized spacial score (nSPS) is 9.27. The molecule has 0 bridgehead atoms. The van der Waals surface area contributed by atoms with Crippen LogP contribution in [0.2, 0.25) is 0 Å². The van der Waals surface area contributed by atoms with Gasteiger partial charge in [-0.2, -0.15) is 0 Å². The minimum atomic E-state index is -0.333. The molecular weight excluding hydrogens is 281 g/mol. The highest BCUT2D eigenvalue weighted by molar-refractivity contribution is 9.10. The van der Waals surface area contributed by atoms with Crippen molar-refractivity contribution in [2.45, 2.75) is 13.5 Å². The molecule has 0 amide bonds. The first-order valence-corrected chi connectivity index (χ1v) is 5.14. The summed E-state index contributed by atoms with van der Waals surface area (Å²) in [5.74, 6) is -0.333. The van der Waals surface area contributed by atoms with Crippen molar-refractivity contribution in [3.05, 3.63) is 33.8 Å². The molecule has 15 heavy (non-hydrogen) atoms. The molecule has 0 heterocycles. The molecule has 0 saturated heterocycles. The first-order valence-electron chi connectivity index (χ1n) is 4.35. The molecule has 0 saturated carbocycles. The maximum atomic E-state index is 11.5. The van der Waals surface area contributed by atoms with E-state index in [0.29, 0.717) is 18.7 Å². The average molecular weight is 295 g/mol. The minimum absolute atomic E-state index is 0. The van der Waals surface area contributed by atoms with E-state index in [1.807, 2.05) is 12.1 Å². The van der Waals surface area contributed by atoms with Crippen LogP contribution in [0, 0.1) is 0 Å². The van der Waals surface area contributed by atoms with Gasteiger partial charge in [0.05, 0.1) is 12.2 Å². The lowest BCUT2D eigenvalue weighted by Gasteiger charge is -2.08. The van der Waals surface area contributed by atoms with Crippen LogP contribution in [0.25, 0.3) is 0 Å². The van der Waals surface area contributed by atoms with Crippen LogP contribution in [0.5, 0.6) is 0 Å². The summed E-state index contributed by atoms with van der Waals surface area (Å²) in [6.45, 7) is 2.47. The summed E-state index contributed by atoms with van der Waals surface area (Å²) < 4.78 is 5.65. The van der Waals surface area contributed by atoms with Gasteiger partial charge < -0.3 is 10.5 Å². The number of esters is 1. The van der Waals surface area contributed by atoms with E-state index in [9.17, 15) is 4.79 Å². The summed E-state index contributed by atoms with van der Waals surface area (Å²) in [4.78, 5) is 11.5. The van der Waals surface area contributed by atoms with E-state index >= 15 is 0 Å². The molecule has 0 fully saturated rings. The van der Waals surface area contributed by atoms with Crippen LogP contribution in [-0.4, -0.2) is 12.6 Å². The highest BCUT2D eigenvalue weighted by Gasteiger charge is 2.14. The number of hydrogen-bond acceptors (Lipinski definition) is 3. The third kappa shape index (κ3) is 3.48. The Hall–Kier alpha value is -0.580. The van der Waals surface area contributed by atoms with Crippen molar-refractivity contribution in [3.63, 3.8) is 0 Å². The highest BCUT2D eigenvalue weighted by Crippen LogP contribution is 2.21. The number of carbonyl (C=O) groups excluding carboxylic acids is 1. The lowest BCUT2D eigenvalue weighted by molar-refractivity contribution is 0.0524. The maximum absolute atomic E-state index is 11.5. The van der Waals surface area contributed by atoms with Crippen molar-refractivity contribution in [1.29, 1.82) is 0 Å². The Bertz CT molecular complexity index is 344. The predicted molar refractivity (Wildman–Crippen MR) is 65.2 cm³/mol. The molecule has 1 aromatic rings. The SMILES string of the molecule is CCOC(=O)c1c(Br)cccc1CN.Cl. The van der Waals surface area contributed by atoms with Gasteiger partial charge in [0.2, 0.25) is 0 Å². The second kappa shape index (κ2) is 6.82. The second-order valence-corrected chi connectivity index (χ2v) is 3.55. The molecule has 0 aliphatic rings. The Morgan fingerprint density at radius 1 is 1.53 bits per heavy atom. The number of ether oxygens (including phenoxy) is 1. The van der Waals surface area contributed by atoms with Gasteiger partial charge in [-0.05, 0) is 34.5 Å². The van der Waals surface area contributed by atoms with Crippen LogP contribution in [0.3, 0.4) is 0 Å². The first-order chi connectivity index (χ1) is 6.70. The molecule has 3 nitrogen and oxygen atoms in total. The van der Waals surface area contributed by atoms with E-state index in [1.165, 1.54) is 0 Å². The van der Waals surface area contributed by atoms with Gasteiger partial charge in [0.25, 0.3) is 0 Å². The molecule has 0 aliphatic heterocycles. The Labute approximate surface area is 104 Å². The lowest BCUT2D eigenvalue weighted by Crippen LogP contribution is -2.11. The topological polar surface area (TPSA) is 52.3 Å². The molecule has 2 N–H and O–H groups in total. The smallest absolute Gasteiger partial charge is 0.339 e. The Kier molecular flexibility index (Phi) is 6.56. The number of carbonyl (C=O) groups is 1. The Balaban J connectivity index is 0.00000196. The van der Waals surface area contributed by atoms with Gasteiger partial charge in [-0.3, -0.25) is 0 Å². The van der Waals surface area contributed by atoms with E-state index in [1.54, 1.807) is 13.0 Å². The van der Waals surface area contributed by atoms with Crippen LogP contribution < -0.4 is 5.73 Å². The van der Waals surface area contributed by atoms with Crippen molar-refractivity contribution >= 4 is 34.3 Å². The third-order valence-corrected chi connectivity index (χ3v) is 2.46. The molecule has 1 rings (SSSR count). The summed E-state index contributed by atoms with van der Waals surface area (Å²) in [7, 11) is 0. The van der Waals surface area contributed by atoms with Gasteiger partial charge in [-0.25, -0.2) is 4.79 Å². The van der Waals surface area contributed by atoms with Gasteiger partial charge in [0.15, 0.2) is 0 Å². The quantitative estimate of drug-likeness (QED) is 0.872. The van der Waals surface area contributed by atoms with E-state index < -0.39 is 0 Å². The van der Waals surface area contributed by atoms with Crippen LogP contribution in [-0.2, 0) is 11.3 Å². The van der Waals surface area contributed by atoms with Crippen molar-refractivity contribution < 1.29 is 9.53 Å². The molecule has 0 atom stereocenters. The lowest BCUT2D eigenvalue weighted by atomic mass is 10.1. The zero-order valence-corrected chi connectivity index (χ0v) is 10.7. The number of benzene rings is 1. The monoisotopic (exact) mass is 293 g/mol. The van der Waals surface area contributed by atoms with E-state index in [-0.39, 0.29) is 18.4 Å². The van der Waals surface area contributed by atoms with E-state index in [2.05, 4.69) is 15.9 Å². The van der Waals surface area contributed by atoms with Crippen LogP contribution in [0.1, 0.15) is 22.8 Å². The van der Waals surface area contributed by atoms with Crippen molar-refractivity contribution in [2.24, 2.45) is 5.73 Å². The predicted octanol–water partition coefficient (Wildman–Crippen LogP) is 2.51. The van der Waals surface area contributed by atoms with Crippen LogP contribution in [0.4, 0.5) is 0 Å². The molecule has 5 heteroatoms. The van der Waals surface area contributed by atoms with Crippen molar-refractivity contribution in [3.8, 4) is 0 Å². The highest BCUT2D eigenvalue weighted by atomic mass is 79.9. The van der Waals surface area contributed by atoms with Crippen LogP contribution >= 0.6 is 28.3 Å². The van der Waals surface area contributed by atoms with E-state index in [4.69, 9.17) is 10.5 Å². The number of nitrogens with two attached hydrogens (primary N) is 1. The number of rotatable bonds is 3. The second-order valence-electron chi connectivity index (χ2n) is 2.70. The first kappa shape index (κ1) is 14.4. The zero-order valence-electron chi connectivity index (χ0n) is 8.33. The van der Waals surface area contributed by atoms with Crippen LogP contribution in [0.15, 0.2) is 22.7 Å². The summed E-state index contributed by atoms with van der Waals surface area (Å²) in [6, 6.07) is 5.46. The molecule has 0 unspecified atom stereocenters. The molecular formula is C10H13BrClNO2. The fourth-order valence-corrected chi connectivity index (χ4v) is 1.74. The average Bonchev–Trinajstić information content (AvgIpc) is 2.17. The van der Waals surface area contributed by atoms with Gasteiger partial charge in [0.1, 0.15) is 0 Å². The van der Waals surface area contributed by atoms with E-state index in [0.717, 1.165) is 10.0 Å². The largest absolute Gasteiger partial charge is 0.462 e. The summed E-state index contributed by atoms with van der Waals surface area (Å²) in [5.41, 5.74) is 6.84. The maximum Gasteiger partial charge on any atom is 0.339 e. The number of halogens is 2. The van der Waals surface area contributed by atoms with Gasteiger partial charge in [-0.15, -0.1) is 12.4 Å². The Morgan fingerprint density at radius 3 is 2.73 bits per heavy atom. The minimum Gasteiger partial charge on any atom is -0.462 e. The van der Waals surface area contributed by atoms with Gasteiger partial charge in [-0.1, -0.05) is 12.1 Å². The number of hydrogen-bond donors (Lipinski definition) is 1. The van der Waals surface area contributed by atoms with Crippen molar-refractivity contribution in [2.75, 3.05) is 6.61 Å². The third-order valence-electron chi connectivity index (χ3n) is 1.80.